The summed E-state index contributed by atoms with van der Waals surface area (Å²) in [5, 5.41) is 10.7. The first kappa shape index (κ1) is 14.4. The Kier molecular flexibility index (Phi) is 4.25. The van der Waals surface area contributed by atoms with Crippen LogP contribution in [0.4, 0.5) is 11.4 Å². The predicted molar refractivity (Wildman–Crippen MR) is 66.6 cm³/mol. The van der Waals surface area contributed by atoms with Gasteiger partial charge in [-0.1, -0.05) is 6.07 Å². The van der Waals surface area contributed by atoms with Crippen molar-refractivity contribution in [1.82, 2.24) is 0 Å². The van der Waals surface area contributed by atoms with E-state index in [0.717, 1.165) is 6.26 Å². The summed E-state index contributed by atoms with van der Waals surface area (Å²) < 4.78 is 26.6. The molecule has 1 aromatic carbocycles. The van der Waals surface area contributed by atoms with E-state index in [1.54, 1.807) is 13.0 Å². The fourth-order valence-electron chi connectivity index (χ4n) is 1.54. The van der Waals surface area contributed by atoms with Crippen molar-refractivity contribution < 1.29 is 17.5 Å². The van der Waals surface area contributed by atoms with Gasteiger partial charge < -0.3 is 5.73 Å². The van der Waals surface area contributed by atoms with E-state index in [4.69, 9.17) is 9.92 Å². The Labute approximate surface area is 105 Å². The van der Waals surface area contributed by atoms with Gasteiger partial charge in [-0.25, -0.2) is 0 Å². The van der Waals surface area contributed by atoms with Crippen LogP contribution >= 0.6 is 0 Å². The molecule has 0 saturated carbocycles. The average molecular weight is 274 g/mol. The molecular formula is C10H14N2O5S. The van der Waals surface area contributed by atoms with E-state index in [0.29, 0.717) is 5.56 Å². The Morgan fingerprint density at radius 3 is 2.61 bits per heavy atom. The molecule has 100 valence electrons. The van der Waals surface area contributed by atoms with Crippen LogP contribution in [-0.4, -0.2) is 25.7 Å². The third-order valence-corrected chi connectivity index (χ3v) is 2.83. The number of rotatable bonds is 5. The van der Waals surface area contributed by atoms with Gasteiger partial charge in [0.2, 0.25) is 0 Å². The van der Waals surface area contributed by atoms with Crippen molar-refractivity contribution in [3.8, 4) is 0 Å². The number of nitrogen functional groups attached to an aromatic ring is 1. The summed E-state index contributed by atoms with van der Waals surface area (Å²) in [5.74, 6) is 0. The molecule has 1 aromatic rings. The molecule has 0 aliphatic rings. The fraction of sp³-hybridized carbons (Fsp3) is 0.400. The summed E-state index contributed by atoms with van der Waals surface area (Å²) in [6.07, 6.45) is 0.603. The summed E-state index contributed by atoms with van der Waals surface area (Å²) in [4.78, 5) is 10.1. The van der Waals surface area contributed by atoms with Crippen LogP contribution in [0.25, 0.3) is 0 Å². The molecule has 0 radical (unpaired) electrons. The number of hydrogen-bond acceptors (Lipinski definition) is 6. The number of hydrogen-bond donors (Lipinski definition) is 1. The third kappa shape index (κ3) is 4.30. The molecule has 0 amide bonds. The molecule has 0 fully saturated rings. The van der Waals surface area contributed by atoms with Gasteiger partial charge in [0.05, 0.1) is 17.3 Å². The van der Waals surface area contributed by atoms with E-state index in [2.05, 4.69) is 0 Å². The summed E-state index contributed by atoms with van der Waals surface area (Å²) in [5.41, 5.74) is 5.92. The molecular weight excluding hydrogens is 260 g/mol. The predicted octanol–water partition coefficient (Wildman–Crippen LogP) is 1.08. The zero-order valence-corrected chi connectivity index (χ0v) is 10.8. The quantitative estimate of drug-likeness (QED) is 0.372. The van der Waals surface area contributed by atoms with Crippen molar-refractivity contribution in [2.45, 2.75) is 19.4 Å². The van der Waals surface area contributed by atoms with Crippen molar-refractivity contribution in [1.29, 1.82) is 0 Å². The van der Waals surface area contributed by atoms with Gasteiger partial charge in [-0.05, 0) is 18.6 Å². The SMILES string of the molecule is CC(Cc1ccc(N)c([N+](=O)[O-])c1)OS(C)(=O)=O. The Hall–Kier alpha value is -1.67. The molecule has 0 heterocycles. The lowest BCUT2D eigenvalue weighted by Gasteiger charge is -2.11. The van der Waals surface area contributed by atoms with E-state index < -0.39 is 21.1 Å². The minimum atomic E-state index is -3.54. The normalized spacial score (nSPS) is 13.2. The van der Waals surface area contributed by atoms with Crippen molar-refractivity contribution in [3.63, 3.8) is 0 Å². The van der Waals surface area contributed by atoms with E-state index >= 15 is 0 Å². The second-order valence-electron chi connectivity index (χ2n) is 3.97. The van der Waals surface area contributed by atoms with Crippen LogP contribution in [0.1, 0.15) is 12.5 Å². The van der Waals surface area contributed by atoms with E-state index in [9.17, 15) is 18.5 Å². The molecule has 0 spiro atoms. The number of nitrogens with zero attached hydrogens (tertiary/aromatic N) is 1. The van der Waals surface area contributed by atoms with Gasteiger partial charge in [-0.3, -0.25) is 14.3 Å². The van der Waals surface area contributed by atoms with Crippen LogP contribution in [-0.2, 0) is 20.7 Å². The Morgan fingerprint density at radius 1 is 1.50 bits per heavy atom. The number of benzene rings is 1. The van der Waals surface area contributed by atoms with Crippen LogP contribution in [0.15, 0.2) is 18.2 Å². The third-order valence-electron chi connectivity index (χ3n) is 2.15. The highest BCUT2D eigenvalue weighted by Gasteiger charge is 2.15. The molecule has 0 aliphatic heterocycles. The number of nitro groups is 1. The van der Waals surface area contributed by atoms with Crippen LogP contribution in [0.3, 0.4) is 0 Å². The largest absolute Gasteiger partial charge is 0.393 e. The molecule has 0 saturated heterocycles. The minimum absolute atomic E-state index is 0.0698. The van der Waals surface area contributed by atoms with Crippen molar-refractivity contribution in [2.75, 3.05) is 12.0 Å². The molecule has 0 aliphatic carbocycles. The van der Waals surface area contributed by atoms with Crippen LogP contribution in [0.5, 0.6) is 0 Å². The lowest BCUT2D eigenvalue weighted by molar-refractivity contribution is -0.384. The summed E-state index contributed by atoms with van der Waals surface area (Å²) in [7, 11) is -3.54. The molecule has 8 heteroatoms. The second-order valence-corrected chi connectivity index (χ2v) is 5.57. The molecule has 1 unspecified atom stereocenters. The fourth-order valence-corrected chi connectivity index (χ4v) is 2.20. The van der Waals surface area contributed by atoms with Crippen molar-refractivity contribution in [2.24, 2.45) is 0 Å². The average Bonchev–Trinajstić information content (AvgIpc) is 2.17. The van der Waals surface area contributed by atoms with Gasteiger partial charge in [0, 0.05) is 12.5 Å². The minimum Gasteiger partial charge on any atom is -0.393 e. The first-order valence-corrected chi connectivity index (χ1v) is 6.92. The Morgan fingerprint density at radius 2 is 2.11 bits per heavy atom. The summed E-state index contributed by atoms with van der Waals surface area (Å²) >= 11 is 0. The lowest BCUT2D eigenvalue weighted by atomic mass is 10.1. The highest BCUT2D eigenvalue weighted by Crippen LogP contribution is 2.23. The zero-order valence-electron chi connectivity index (χ0n) is 9.99. The standard InChI is InChI=1S/C10H14N2O5S/c1-7(17-18(2,15)16)5-8-3-4-9(11)10(6-8)12(13)14/h3-4,6-7H,5,11H2,1-2H3. The number of anilines is 1. The Balaban J connectivity index is 2.86. The van der Waals surface area contributed by atoms with Crippen LogP contribution < -0.4 is 5.73 Å². The highest BCUT2D eigenvalue weighted by molar-refractivity contribution is 7.86. The smallest absolute Gasteiger partial charge is 0.292 e. The van der Waals surface area contributed by atoms with Gasteiger partial charge in [0.15, 0.2) is 0 Å². The van der Waals surface area contributed by atoms with Gasteiger partial charge >= 0.3 is 0 Å². The molecule has 1 rings (SSSR count). The summed E-state index contributed by atoms with van der Waals surface area (Å²) in [6.45, 7) is 1.57. The lowest BCUT2D eigenvalue weighted by Crippen LogP contribution is -2.16. The van der Waals surface area contributed by atoms with E-state index in [1.165, 1.54) is 12.1 Å². The molecule has 2 N–H and O–H groups in total. The molecule has 0 aromatic heterocycles. The van der Waals surface area contributed by atoms with Gasteiger partial charge in [0.1, 0.15) is 5.69 Å². The van der Waals surface area contributed by atoms with Crippen LogP contribution in [0.2, 0.25) is 0 Å². The highest BCUT2D eigenvalue weighted by atomic mass is 32.2. The van der Waals surface area contributed by atoms with Gasteiger partial charge in [-0.2, -0.15) is 8.42 Å². The zero-order chi connectivity index (χ0) is 13.9. The summed E-state index contributed by atoms with van der Waals surface area (Å²) in [6, 6.07) is 4.34. The van der Waals surface area contributed by atoms with Gasteiger partial charge in [0.25, 0.3) is 15.8 Å². The molecule has 0 bridgehead atoms. The monoisotopic (exact) mass is 274 g/mol. The molecule has 1 atom stereocenters. The van der Waals surface area contributed by atoms with E-state index in [-0.39, 0.29) is 17.8 Å². The molecule has 18 heavy (non-hydrogen) atoms. The maximum atomic E-state index is 10.9. The maximum absolute atomic E-state index is 10.9. The van der Waals surface area contributed by atoms with Crippen molar-refractivity contribution >= 4 is 21.5 Å². The van der Waals surface area contributed by atoms with Crippen LogP contribution in [0, 0.1) is 10.1 Å². The van der Waals surface area contributed by atoms with Crippen molar-refractivity contribution in [3.05, 3.63) is 33.9 Å². The Bertz CT molecular complexity index is 555. The van der Waals surface area contributed by atoms with Gasteiger partial charge in [-0.15, -0.1) is 0 Å². The first-order valence-electron chi connectivity index (χ1n) is 5.10. The molecule has 7 nitrogen and oxygen atoms in total. The second kappa shape index (κ2) is 5.32. The number of nitro benzene ring substituents is 1. The topological polar surface area (TPSA) is 113 Å². The first-order chi connectivity index (χ1) is 8.19. The van der Waals surface area contributed by atoms with E-state index in [1.807, 2.05) is 0 Å². The maximum Gasteiger partial charge on any atom is 0.292 e. The number of nitrogens with two attached hydrogens (primary N) is 1.